The smallest absolute Gasteiger partial charge is 0.339 e. The van der Waals surface area contributed by atoms with E-state index >= 15 is 0 Å². The number of alkyl halides is 3. The zero-order valence-electron chi connectivity index (χ0n) is 7.38. The Morgan fingerprint density at radius 1 is 1.43 bits per heavy atom. The van der Waals surface area contributed by atoms with E-state index in [1.54, 1.807) is 18.3 Å². The van der Waals surface area contributed by atoms with Crippen LogP contribution in [0.4, 0.5) is 13.2 Å². The minimum absolute atomic E-state index is 0.00681. The zero-order chi connectivity index (χ0) is 10.6. The highest BCUT2D eigenvalue weighted by Crippen LogP contribution is 2.21. The van der Waals surface area contributed by atoms with Crippen LogP contribution in [0, 0.1) is 11.3 Å². The molecule has 0 aliphatic heterocycles. The van der Waals surface area contributed by atoms with Crippen LogP contribution in [0.1, 0.15) is 18.5 Å². The second kappa shape index (κ2) is 4.18. The molecule has 1 rings (SSSR count). The zero-order valence-corrected chi connectivity index (χ0v) is 7.38. The van der Waals surface area contributed by atoms with Crippen molar-refractivity contribution < 1.29 is 13.2 Å². The third-order valence-electron chi connectivity index (χ3n) is 1.80. The Labute approximate surface area is 79.6 Å². The molecule has 0 aromatic carbocycles. The van der Waals surface area contributed by atoms with E-state index in [-0.39, 0.29) is 13.0 Å². The van der Waals surface area contributed by atoms with Crippen molar-refractivity contribution >= 4 is 0 Å². The molecule has 0 spiro atoms. The molecule has 0 unspecified atom stereocenters. The SMILES string of the molecule is N#Cc1cccn1CCCC(F)(F)F. The molecule has 0 aliphatic rings. The Hall–Kier alpha value is -1.44. The fraction of sp³-hybridized carbons (Fsp3) is 0.444. The standard InChI is InChI=1S/C9H9F3N2/c10-9(11,12)4-2-6-14-5-1-3-8(14)7-13/h1,3,5H,2,4,6H2. The first kappa shape index (κ1) is 10.6. The van der Waals surface area contributed by atoms with E-state index in [9.17, 15) is 13.2 Å². The number of hydrogen-bond donors (Lipinski definition) is 0. The Kier molecular flexibility index (Phi) is 3.18. The lowest BCUT2D eigenvalue weighted by Gasteiger charge is -2.07. The summed E-state index contributed by atoms with van der Waals surface area (Å²) < 4.78 is 36.9. The fourth-order valence-corrected chi connectivity index (χ4v) is 1.16. The van der Waals surface area contributed by atoms with Gasteiger partial charge in [0.25, 0.3) is 0 Å². The predicted molar refractivity (Wildman–Crippen MR) is 44.4 cm³/mol. The van der Waals surface area contributed by atoms with Crippen LogP contribution >= 0.6 is 0 Å². The van der Waals surface area contributed by atoms with Gasteiger partial charge in [-0.1, -0.05) is 0 Å². The van der Waals surface area contributed by atoms with Gasteiger partial charge >= 0.3 is 6.18 Å². The van der Waals surface area contributed by atoms with Gasteiger partial charge in [0.15, 0.2) is 0 Å². The number of nitrogens with zero attached hydrogens (tertiary/aromatic N) is 2. The van der Waals surface area contributed by atoms with Gasteiger partial charge < -0.3 is 4.57 Å². The highest BCUT2D eigenvalue weighted by molar-refractivity contribution is 5.21. The van der Waals surface area contributed by atoms with E-state index < -0.39 is 12.6 Å². The van der Waals surface area contributed by atoms with Crippen LogP contribution in [-0.2, 0) is 6.54 Å². The second-order valence-electron chi connectivity index (χ2n) is 2.92. The summed E-state index contributed by atoms with van der Waals surface area (Å²) in [5.74, 6) is 0. The maximum Gasteiger partial charge on any atom is 0.389 e. The largest absolute Gasteiger partial charge is 0.389 e. The molecule has 76 valence electrons. The summed E-state index contributed by atoms with van der Waals surface area (Å²) in [6.45, 7) is 0.232. The number of aromatic nitrogens is 1. The molecule has 0 amide bonds. The Bertz CT molecular complexity index is 333. The molecule has 0 atom stereocenters. The van der Waals surface area contributed by atoms with Crippen LogP contribution in [0.15, 0.2) is 18.3 Å². The van der Waals surface area contributed by atoms with Crippen LogP contribution in [0.2, 0.25) is 0 Å². The summed E-state index contributed by atoms with van der Waals surface area (Å²) in [6, 6.07) is 5.13. The molecule has 1 aromatic rings. The fourth-order valence-electron chi connectivity index (χ4n) is 1.16. The minimum Gasteiger partial charge on any atom is -0.339 e. The summed E-state index contributed by atoms with van der Waals surface area (Å²) in [4.78, 5) is 0. The first-order valence-electron chi connectivity index (χ1n) is 4.15. The molecular formula is C9H9F3N2. The predicted octanol–water partition coefficient (Wildman–Crippen LogP) is 2.70. The summed E-state index contributed by atoms with van der Waals surface area (Å²) in [5.41, 5.74) is 0.396. The average molecular weight is 202 g/mol. The van der Waals surface area contributed by atoms with Crippen LogP contribution in [0.5, 0.6) is 0 Å². The first-order valence-corrected chi connectivity index (χ1v) is 4.15. The van der Waals surface area contributed by atoms with E-state index in [0.29, 0.717) is 5.69 Å². The van der Waals surface area contributed by atoms with Gasteiger partial charge in [0.2, 0.25) is 0 Å². The highest BCUT2D eigenvalue weighted by atomic mass is 19.4. The monoisotopic (exact) mass is 202 g/mol. The number of nitriles is 1. The van der Waals surface area contributed by atoms with Crippen molar-refractivity contribution in [2.75, 3.05) is 0 Å². The number of aryl methyl sites for hydroxylation is 1. The summed E-state index contributed by atoms with van der Waals surface area (Å²) >= 11 is 0. The Morgan fingerprint density at radius 3 is 2.71 bits per heavy atom. The van der Waals surface area contributed by atoms with Crippen LogP contribution in [-0.4, -0.2) is 10.7 Å². The second-order valence-corrected chi connectivity index (χ2v) is 2.92. The van der Waals surface area contributed by atoms with Gasteiger partial charge in [0.05, 0.1) is 0 Å². The molecule has 5 heteroatoms. The average Bonchev–Trinajstić information content (AvgIpc) is 2.49. The lowest BCUT2D eigenvalue weighted by atomic mass is 10.3. The molecule has 0 radical (unpaired) electrons. The Balaban J connectivity index is 2.43. The van der Waals surface area contributed by atoms with Crippen molar-refractivity contribution in [3.05, 3.63) is 24.0 Å². The molecule has 0 saturated heterocycles. The molecule has 14 heavy (non-hydrogen) atoms. The highest BCUT2D eigenvalue weighted by Gasteiger charge is 2.26. The molecule has 0 bridgehead atoms. The van der Waals surface area contributed by atoms with Gasteiger partial charge in [0, 0.05) is 19.2 Å². The van der Waals surface area contributed by atoms with Crippen LogP contribution in [0.3, 0.4) is 0 Å². The molecule has 0 fully saturated rings. The maximum atomic E-state index is 11.8. The number of halogens is 3. The van der Waals surface area contributed by atoms with Crippen molar-refractivity contribution in [3.8, 4) is 6.07 Å². The summed E-state index contributed by atoms with van der Waals surface area (Å²) in [6.07, 6.45) is -3.31. The topological polar surface area (TPSA) is 28.7 Å². The third kappa shape index (κ3) is 3.13. The molecule has 0 aliphatic carbocycles. The lowest BCUT2D eigenvalue weighted by molar-refractivity contribution is -0.135. The van der Waals surface area contributed by atoms with Gasteiger partial charge in [0.1, 0.15) is 11.8 Å². The normalized spacial score (nSPS) is 11.3. The van der Waals surface area contributed by atoms with Gasteiger partial charge in [-0.3, -0.25) is 0 Å². The van der Waals surface area contributed by atoms with Crippen molar-refractivity contribution in [1.82, 2.24) is 4.57 Å². The van der Waals surface area contributed by atoms with Gasteiger partial charge in [-0.15, -0.1) is 0 Å². The molecule has 2 nitrogen and oxygen atoms in total. The van der Waals surface area contributed by atoms with Crippen molar-refractivity contribution in [3.63, 3.8) is 0 Å². The Morgan fingerprint density at radius 2 is 2.14 bits per heavy atom. The van der Waals surface area contributed by atoms with Gasteiger partial charge in [-0.05, 0) is 18.6 Å². The van der Waals surface area contributed by atoms with Crippen molar-refractivity contribution in [1.29, 1.82) is 5.26 Å². The van der Waals surface area contributed by atoms with E-state index in [0.717, 1.165) is 0 Å². The van der Waals surface area contributed by atoms with E-state index in [1.165, 1.54) is 4.57 Å². The minimum atomic E-state index is -4.11. The molecular weight excluding hydrogens is 193 g/mol. The molecule has 0 N–H and O–H groups in total. The van der Waals surface area contributed by atoms with E-state index in [1.807, 2.05) is 6.07 Å². The molecule has 1 heterocycles. The van der Waals surface area contributed by atoms with Gasteiger partial charge in [-0.2, -0.15) is 18.4 Å². The first-order chi connectivity index (χ1) is 6.53. The quantitative estimate of drug-likeness (QED) is 0.740. The number of rotatable bonds is 3. The molecule has 1 aromatic heterocycles. The summed E-state index contributed by atoms with van der Waals surface area (Å²) in [7, 11) is 0. The molecule has 0 saturated carbocycles. The van der Waals surface area contributed by atoms with E-state index in [2.05, 4.69) is 0 Å². The summed E-state index contributed by atoms with van der Waals surface area (Å²) in [5, 5.41) is 8.57. The maximum absolute atomic E-state index is 11.8. The third-order valence-corrected chi connectivity index (χ3v) is 1.80. The van der Waals surface area contributed by atoms with Crippen molar-refractivity contribution in [2.45, 2.75) is 25.6 Å². The lowest BCUT2D eigenvalue weighted by Crippen LogP contribution is -2.09. The van der Waals surface area contributed by atoms with Crippen LogP contribution < -0.4 is 0 Å². The van der Waals surface area contributed by atoms with Crippen molar-refractivity contribution in [2.24, 2.45) is 0 Å². The van der Waals surface area contributed by atoms with Gasteiger partial charge in [-0.25, -0.2) is 0 Å². The van der Waals surface area contributed by atoms with E-state index in [4.69, 9.17) is 5.26 Å². The number of hydrogen-bond acceptors (Lipinski definition) is 1. The van der Waals surface area contributed by atoms with Crippen LogP contribution in [0.25, 0.3) is 0 Å².